The van der Waals surface area contributed by atoms with E-state index in [1.54, 1.807) is 6.20 Å². The number of carbonyl (C=O) groups is 1. The molecule has 2 aliphatic heterocycles. The first-order chi connectivity index (χ1) is 14.3. The Morgan fingerprint density at radius 2 is 2.07 bits per heavy atom. The van der Waals surface area contributed by atoms with Gasteiger partial charge in [-0.1, -0.05) is 30.4 Å². The molecule has 1 aromatic heterocycles. The highest BCUT2D eigenvalue weighted by atomic mass is 16.7. The third kappa shape index (κ3) is 3.16. The van der Waals surface area contributed by atoms with E-state index >= 15 is 0 Å². The number of nitrogens with zero attached hydrogens (tertiary/aromatic N) is 2. The zero-order chi connectivity index (χ0) is 21.0. The molecule has 1 N–H and O–H groups in total. The molecule has 5 rings (SSSR count). The molecular formula is C24H26N2O4. The first-order valence-electron chi connectivity index (χ1n) is 10.4. The highest BCUT2D eigenvalue weighted by molar-refractivity contribution is 6.02. The second kappa shape index (κ2) is 6.84. The zero-order valence-corrected chi connectivity index (χ0v) is 17.5. The lowest BCUT2D eigenvalue weighted by atomic mass is 9.93. The van der Waals surface area contributed by atoms with Gasteiger partial charge in [0.2, 0.25) is 6.79 Å². The number of amides is 1. The summed E-state index contributed by atoms with van der Waals surface area (Å²) >= 11 is 0. The van der Waals surface area contributed by atoms with Crippen molar-refractivity contribution in [3.05, 3.63) is 52.2 Å². The minimum absolute atomic E-state index is 0.000498. The van der Waals surface area contributed by atoms with Crippen LogP contribution in [0, 0.1) is 12.8 Å². The first-order valence-corrected chi connectivity index (χ1v) is 10.4. The average Bonchev–Trinajstić information content (AvgIpc) is 3.29. The normalized spacial score (nSPS) is 18.9. The van der Waals surface area contributed by atoms with E-state index in [-0.39, 0.29) is 18.7 Å². The topological polar surface area (TPSA) is 71.9 Å². The van der Waals surface area contributed by atoms with E-state index in [1.807, 2.05) is 56.0 Å². The minimum Gasteiger partial charge on any atom is -0.451 e. The van der Waals surface area contributed by atoms with Gasteiger partial charge in [0.15, 0.2) is 5.75 Å². The average molecular weight is 406 g/mol. The van der Waals surface area contributed by atoms with Gasteiger partial charge in [-0.05, 0) is 56.2 Å². The summed E-state index contributed by atoms with van der Waals surface area (Å²) in [4.78, 5) is 19.6. The van der Waals surface area contributed by atoms with E-state index in [4.69, 9.17) is 9.47 Å². The fourth-order valence-corrected chi connectivity index (χ4v) is 4.74. The number of aromatic nitrogens is 1. The molecule has 1 saturated carbocycles. The summed E-state index contributed by atoms with van der Waals surface area (Å²) in [6.45, 7) is 6.30. The molecular weight excluding hydrogens is 380 g/mol. The maximum atomic E-state index is 13.4. The summed E-state index contributed by atoms with van der Waals surface area (Å²) in [6.07, 6.45) is 7.82. The molecule has 3 heterocycles. The molecule has 6 nitrogen and oxygen atoms in total. The lowest BCUT2D eigenvalue weighted by molar-refractivity contribution is -0.0224. The molecule has 0 saturated heterocycles. The number of fused-ring (bicyclic) bond motifs is 2. The van der Waals surface area contributed by atoms with E-state index in [0.29, 0.717) is 24.1 Å². The molecule has 2 aromatic rings. The van der Waals surface area contributed by atoms with Crippen LogP contribution in [0.5, 0.6) is 11.6 Å². The van der Waals surface area contributed by atoms with Crippen LogP contribution in [0.1, 0.15) is 59.3 Å². The maximum Gasteiger partial charge on any atom is 0.260 e. The van der Waals surface area contributed by atoms with Gasteiger partial charge in [-0.25, -0.2) is 4.98 Å². The SMILES string of the molecule is Cc1cnc2c(c1/C=C/c1cccc3c1C(=O)N(C(C1CC1)C(C)(C)O)C3)OCO2. The second-order valence-electron chi connectivity index (χ2n) is 8.98. The molecule has 1 fully saturated rings. The number of carbonyl (C=O) groups excluding carboxylic acids is 1. The predicted molar refractivity (Wildman–Crippen MR) is 113 cm³/mol. The Labute approximate surface area is 176 Å². The minimum atomic E-state index is -0.930. The predicted octanol–water partition coefficient (Wildman–Crippen LogP) is 3.79. The molecule has 30 heavy (non-hydrogen) atoms. The van der Waals surface area contributed by atoms with Gasteiger partial charge in [-0.15, -0.1) is 0 Å². The van der Waals surface area contributed by atoms with Crippen molar-refractivity contribution in [2.24, 2.45) is 5.92 Å². The molecule has 1 unspecified atom stereocenters. The summed E-state index contributed by atoms with van der Waals surface area (Å²) in [6, 6.07) is 5.78. The summed E-state index contributed by atoms with van der Waals surface area (Å²) in [5.74, 6) is 1.52. The number of hydrogen-bond donors (Lipinski definition) is 1. The Kier molecular flexibility index (Phi) is 4.36. The zero-order valence-electron chi connectivity index (χ0n) is 17.5. The van der Waals surface area contributed by atoms with Gasteiger partial charge in [0, 0.05) is 18.3 Å². The van der Waals surface area contributed by atoms with Crippen molar-refractivity contribution in [2.75, 3.05) is 6.79 Å². The van der Waals surface area contributed by atoms with Gasteiger partial charge in [-0.2, -0.15) is 0 Å². The fraction of sp³-hybridized carbons (Fsp3) is 0.417. The van der Waals surface area contributed by atoms with E-state index in [1.165, 1.54) is 0 Å². The van der Waals surface area contributed by atoms with Crippen LogP contribution in [0.3, 0.4) is 0 Å². The number of aryl methyl sites for hydroxylation is 1. The Bertz CT molecular complexity index is 1050. The van der Waals surface area contributed by atoms with Crippen molar-refractivity contribution in [3.63, 3.8) is 0 Å². The van der Waals surface area contributed by atoms with Gasteiger partial charge in [0.1, 0.15) is 0 Å². The molecule has 156 valence electrons. The summed E-state index contributed by atoms with van der Waals surface area (Å²) in [5.41, 5.74) is 3.56. The lowest BCUT2D eigenvalue weighted by Crippen LogP contribution is -2.51. The van der Waals surface area contributed by atoms with Crippen LogP contribution in [0.25, 0.3) is 12.2 Å². The Balaban J connectivity index is 1.49. The van der Waals surface area contributed by atoms with E-state index in [0.717, 1.165) is 40.7 Å². The fourth-order valence-electron chi connectivity index (χ4n) is 4.74. The standard InChI is InChI=1S/C24H26N2O4/c1-14-11-25-22-20(29-13-30-22)18(14)10-9-15-5-4-6-17-12-26(23(27)19(15)17)21(16-7-8-16)24(2,3)28/h4-6,9-11,16,21,28H,7-8,12-13H2,1-3H3/b10-9+. The molecule has 0 spiro atoms. The highest BCUT2D eigenvalue weighted by Gasteiger charge is 2.48. The quantitative estimate of drug-likeness (QED) is 0.818. The molecule has 1 atom stereocenters. The highest BCUT2D eigenvalue weighted by Crippen LogP contribution is 2.43. The first kappa shape index (κ1) is 19.1. The van der Waals surface area contributed by atoms with Gasteiger partial charge >= 0.3 is 0 Å². The van der Waals surface area contributed by atoms with Crippen molar-refractivity contribution < 1.29 is 19.4 Å². The van der Waals surface area contributed by atoms with Gasteiger partial charge in [-0.3, -0.25) is 4.79 Å². The van der Waals surface area contributed by atoms with Crippen LogP contribution in [0.2, 0.25) is 0 Å². The lowest BCUT2D eigenvalue weighted by Gasteiger charge is -2.37. The van der Waals surface area contributed by atoms with Crippen LogP contribution in [-0.4, -0.2) is 39.3 Å². The van der Waals surface area contributed by atoms with E-state index < -0.39 is 5.60 Å². The number of benzene rings is 1. The maximum absolute atomic E-state index is 13.4. The third-order valence-electron chi connectivity index (χ3n) is 6.19. The molecule has 1 amide bonds. The van der Waals surface area contributed by atoms with Crippen LogP contribution in [0.15, 0.2) is 24.4 Å². The van der Waals surface area contributed by atoms with Gasteiger partial charge in [0.25, 0.3) is 11.8 Å². The molecule has 1 aliphatic carbocycles. The van der Waals surface area contributed by atoms with Crippen molar-refractivity contribution >= 4 is 18.1 Å². The Hall–Kier alpha value is -2.86. The monoisotopic (exact) mass is 406 g/mol. The third-order valence-corrected chi connectivity index (χ3v) is 6.19. The summed E-state index contributed by atoms with van der Waals surface area (Å²) in [7, 11) is 0. The summed E-state index contributed by atoms with van der Waals surface area (Å²) < 4.78 is 11.0. The molecule has 1 aromatic carbocycles. The van der Waals surface area contributed by atoms with Crippen molar-refractivity contribution in [3.8, 4) is 11.6 Å². The number of ether oxygens (including phenoxy) is 2. The van der Waals surface area contributed by atoms with Crippen LogP contribution in [-0.2, 0) is 6.54 Å². The Morgan fingerprint density at radius 1 is 1.27 bits per heavy atom. The second-order valence-corrected chi connectivity index (χ2v) is 8.98. The van der Waals surface area contributed by atoms with E-state index in [2.05, 4.69) is 4.98 Å². The molecule has 0 bridgehead atoms. The van der Waals surface area contributed by atoms with Crippen LogP contribution >= 0.6 is 0 Å². The number of aliphatic hydroxyl groups is 1. The largest absolute Gasteiger partial charge is 0.451 e. The molecule has 6 heteroatoms. The smallest absolute Gasteiger partial charge is 0.260 e. The van der Waals surface area contributed by atoms with Gasteiger partial charge in [0.05, 0.1) is 17.2 Å². The molecule has 3 aliphatic rings. The Morgan fingerprint density at radius 3 is 2.80 bits per heavy atom. The van der Waals surface area contributed by atoms with E-state index in [9.17, 15) is 9.90 Å². The molecule has 0 radical (unpaired) electrons. The van der Waals surface area contributed by atoms with Crippen molar-refractivity contribution in [1.82, 2.24) is 9.88 Å². The van der Waals surface area contributed by atoms with Crippen LogP contribution in [0.4, 0.5) is 0 Å². The number of hydrogen-bond acceptors (Lipinski definition) is 5. The summed E-state index contributed by atoms with van der Waals surface area (Å²) in [5, 5.41) is 10.7. The van der Waals surface area contributed by atoms with Gasteiger partial charge < -0.3 is 19.5 Å². The van der Waals surface area contributed by atoms with Crippen molar-refractivity contribution in [1.29, 1.82) is 0 Å². The number of rotatable bonds is 5. The van der Waals surface area contributed by atoms with Crippen LogP contribution < -0.4 is 9.47 Å². The number of pyridine rings is 1. The van der Waals surface area contributed by atoms with Crippen molar-refractivity contribution in [2.45, 2.75) is 51.8 Å².